The third kappa shape index (κ3) is 4.61. The average Bonchev–Trinajstić information content (AvgIpc) is 2.78. The Morgan fingerprint density at radius 3 is 1.50 bits per heavy atom. The van der Waals surface area contributed by atoms with Crippen molar-refractivity contribution in [3.05, 3.63) is 59.7 Å². The summed E-state index contributed by atoms with van der Waals surface area (Å²) >= 11 is 0. The zero-order valence-corrected chi connectivity index (χ0v) is 19.4. The Morgan fingerprint density at radius 2 is 1.13 bits per heavy atom. The summed E-state index contributed by atoms with van der Waals surface area (Å²) in [6, 6.07) is 13.9. The molecule has 1 unspecified atom stereocenters. The van der Waals surface area contributed by atoms with Crippen LogP contribution < -0.4 is 0 Å². The highest BCUT2D eigenvalue weighted by Crippen LogP contribution is 2.24. The van der Waals surface area contributed by atoms with Gasteiger partial charge in [-0.3, -0.25) is 0 Å². The van der Waals surface area contributed by atoms with Crippen molar-refractivity contribution in [3.63, 3.8) is 0 Å². The molecule has 2 aromatic carbocycles. The van der Waals surface area contributed by atoms with Crippen LogP contribution >= 0.6 is 0 Å². The molecule has 2 aromatic rings. The molecule has 6 nitrogen and oxygen atoms in total. The molecule has 0 amide bonds. The summed E-state index contributed by atoms with van der Waals surface area (Å²) in [4.78, 5) is 0.498. The van der Waals surface area contributed by atoms with Crippen LogP contribution in [0.25, 0.3) is 0 Å². The first-order chi connectivity index (χ1) is 14.2. The van der Waals surface area contributed by atoms with E-state index < -0.39 is 20.0 Å². The lowest BCUT2D eigenvalue weighted by Crippen LogP contribution is -2.50. The molecule has 1 atom stereocenters. The third-order valence-electron chi connectivity index (χ3n) is 5.87. The van der Waals surface area contributed by atoms with Crippen LogP contribution in [0.2, 0.25) is 0 Å². The van der Waals surface area contributed by atoms with E-state index in [4.69, 9.17) is 0 Å². The summed E-state index contributed by atoms with van der Waals surface area (Å²) in [6.45, 7) is 6.79. The lowest BCUT2D eigenvalue weighted by atomic mass is 9.99. The molecule has 1 saturated heterocycles. The number of sulfonamides is 2. The predicted octanol–water partition coefficient (Wildman–Crippen LogP) is 3.46. The number of piperazine rings is 1. The van der Waals surface area contributed by atoms with Crippen LogP contribution in [0.15, 0.2) is 58.3 Å². The maximum atomic E-state index is 13.0. The summed E-state index contributed by atoms with van der Waals surface area (Å²) in [7, 11) is -7.27. The van der Waals surface area contributed by atoms with E-state index in [1.54, 1.807) is 24.3 Å². The monoisotopic (exact) mass is 450 g/mol. The molecule has 3 rings (SSSR count). The van der Waals surface area contributed by atoms with Crippen LogP contribution in [0.5, 0.6) is 0 Å². The number of benzene rings is 2. The van der Waals surface area contributed by atoms with Crippen LogP contribution in [0.4, 0.5) is 0 Å². The molecule has 1 aliphatic rings. The molecule has 1 heterocycles. The molecule has 164 valence electrons. The van der Waals surface area contributed by atoms with Crippen molar-refractivity contribution in [2.75, 3.05) is 26.2 Å². The number of nitrogens with zero attached hydrogens (tertiary/aromatic N) is 2. The first-order valence-electron chi connectivity index (χ1n) is 10.4. The van der Waals surface area contributed by atoms with E-state index in [-0.39, 0.29) is 36.0 Å². The highest BCUT2D eigenvalue weighted by Gasteiger charge is 2.33. The molecule has 0 bridgehead atoms. The normalized spacial score (nSPS) is 17.7. The van der Waals surface area contributed by atoms with Gasteiger partial charge in [-0.25, -0.2) is 16.8 Å². The fourth-order valence-corrected chi connectivity index (χ4v) is 6.39. The Bertz CT molecular complexity index is 1060. The van der Waals surface area contributed by atoms with Crippen molar-refractivity contribution in [2.24, 2.45) is 0 Å². The minimum Gasteiger partial charge on any atom is -0.207 e. The molecule has 0 aliphatic carbocycles. The Balaban J connectivity index is 1.70. The molecule has 0 radical (unpaired) electrons. The summed E-state index contributed by atoms with van der Waals surface area (Å²) in [5.74, 6) is 0.377. The topological polar surface area (TPSA) is 74.8 Å². The molecule has 30 heavy (non-hydrogen) atoms. The average molecular weight is 451 g/mol. The van der Waals surface area contributed by atoms with Crippen molar-refractivity contribution in [1.29, 1.82) is 0 Å². The second kappa shape index (κ2) is 9.18. The van der Waals surface area contributed by atoms with E-state index in [2.05, 4.69) is 13.8 Å². The van der Waals surface area contributed by atoms with Crippen LogP contribution in [0, 0.1) is 0 Å². The highest BCUT2D eigenvalue weighted by atomic mass is 32.2. The summed E-state index contributed by atoms with van der Waals surface area (Å²) in [6.07, 6.45) is 1.83. The standard InChI is InChI=1S/C22H30N2O4S2/c1-4-18(3)20-8-12-22(13-9-20)30(27,28)24-16-14-23(15-17-24)29(25,26)21-10-6-19(5-2)7-11-21/h6-13,18H,4-5,14-17H2,1-3H3. The molecule has 1 aliphatic heterocycles. The van der Waals surface area contributed by atoms with Gasteiger partial charge in [0.05, 0.1) is 9.79 Å². The molecular formula is C22H30N2O4S2. The predicted molar refractivity (Wildman–Crippen MR) is 118 cm³/mol. The molecule has 0 N–H and O–H groups in total. The van der Waals surface area contributed by atoms with Crippen molar-refractivity contribution >= 4 is 20.0 Å². The van der Waals surface area contributed by atoms with Gasteiger partial charge in [-0.2, -0.15) is 8.61 Å². The van der Waals surface area contributed by atoms with Gasteiger partial charge >= 0.3 is 0 Å². The lowest BCUT2D eigenvalue weighted by molar-refractivity contribution is 0.273. The van der Waals surface area contributed by atoms with Gasteiger partial charge in [-0.05, 0) is 54.2 Å². The summed E-state index contributed by atoms with van der Waals surface area (Å²) in [5.41, 5.74) is 2.19. The van der Waals surface area contributed by atoms with Gasteiger partial charge in [-0.1, -0.05) is 45.0 Å². The second-order valence-corrected chi connectivity index (χ2v) is 11.6. The van der Waals surface area contributed by atoms with E-state index in [1.165, 1.54) is 8.61 Å². The van der Waals surface area contributed by atoms with Gasteiger partial charge in [0.1, 0.15) is 0 Å². The van der Waals surface area contributed by atoms with E-state index in [0.717, 1.165) is 24.0 Å². The smallest absolute Gasteiger partial charge is 0.207 e. The summed E-state index contributed by atoms with van der Waals surface area (Å²) in [5, 5.41) is 0. The minimum atomic E-state index is -3.64. The first kappa shape index (κ1) is 22.9. The molecule has 1 fully saturated rings. The fourth-order valence-electron chi connectivity index (χ4n) is 3.55. The Morgan fingerprint density at radius 1 is 0.733 bits per heavy atom. The number of aryl methyl sites for hydroxylation is 1. The van der Waals surface area contributed by atoms with E-state index in [0.29, 0.717) is 5.92 Å². The Hall–Kier alpha value is -1.74. The molecular weight excluding hydrogens is 420 g/mol. The van der Waals surface area contributed by atoms with Crippen LogP contribution in [-0.4, -0.2) is 51.6 Å². The second-order valence-electron chi connectivity index (χ2n) is 7.68. The largest absolute Gasteiger partial charge is 0.243 e. The van der Waals surface area contributed by atoms with Crippen LogP contribution in [0.3, 0.4) is 0 Å². The molecule has 0 aromatic heterocycles. The van der Waals surface area contributed by atoms with E-state index >= 15 is 0 Å². The van der Waals surface area contributed by atoms with Gasteiger partial charge in [-0.15, -0.1) is 0 Å². The van der Waals surface area contributed by atoms with Gasteiger partial charge in [0.25, 0.3) is 0 Å². The highest BCUT2D eigenvalue weighted by molar-refractivity contribution is 7.89. The maximum absolute atomic E-state index is 13.0. The Labute approximate surface area is 180 Å². The SMILES string of the molecule is CCc1ccc(S(=O)(=O)N2CCN(S(=O)(=O)c3ccc(C(C)CC)cc3)CC2)cc1. The minimum absolute atomic E-state index is 0.141. The quantitative estimate of drug-likeness (QED) is 0.647. The van der Waals surface area contributed by atoms with Gasteiger partial charge in [0.15, 0.2) is 0 Å². The number of hydrogen-bond donors (Lipinski definition) is 0. The van der Waals surface area contributed by atoms with Crippen molar-refractivity contribution in [1.82, 2.24) is 8.61 Å². The molecule has 0 spiro atoms. The zero-order valence-electron chi connectivity index (χ0n) is 17.8. The summed E-state index contributed by atoms with van der Waals surface area (Å²) < 4.78 is 54.5. The zero-order chi connectivity index (χ0) is 21.9. The van der Waals surface area contributed by atoms with Gasteiger partial charge in [0, 0.05) is 26.2 Å². The van der Waals surface area contributed by atoms with Crippen molar-refractivity contribution in [3.8, 4) is 0 Å². The van der Waals surface area contributed by atoms with Crippen LogP contribution in [0.1, 0.15) is 44.2 Å². The molecule has 8 heteroatoms. The maximum Gasteiger partial charge on any atom is 0.243 e. The number of rotatable bonds is 7. The lowest BCUT2D eigenvalue weighted by Gasteiger charge is -2.33. The third-order valence-corrected chi connectivity index (χ3v) is 9.69. The van der Waals surface area contributed by atoms with E-state index in [9.17, 15) is 16.8 Å². The van der Waals surface area contributed by atoms with Gasteiger partial charge < -0.3 is 0 Å². The molecule has 0 saturated carbocycles. The fraction of sp³-hybridized carbons (Fsp3) is 0.455. The van der Waals surface area contributed by atoms with Crippen LogP contribution in [-0.2, 0) is 26.5 Å². The van der Waals surface area contributed by atoms with Crippen molar-refractivity contribution < 1.29 is 16.8 Å². The van der Waals surface area contributed by atoms with Gasteiger partial charge in [0.2, 0.25) is 20.0 Å². The number of hydrogen-bond acceptors (Lipinski definition) is 4. The first-order valence-corrected chi connectivity index (χ1v) is 13.3. The Kier molecular flexibility index (Phi) is 7.02. The van der Waals surface area contributed by atoms with E-state index in [1.807, 2.05) is 31.2 Å². The van der Waals surface area contributed by atoms with Crippen molar-refractivity contribution in [2.45, 2.75) is 49.3 Å².